The minimum absolute atomic E-state index is 0.149. The molecule has 2 aromatic heterocycles. The van der Waals surface area contributed by atoms with Gasteiger partial charge in [0.2, 0.25) is 5.95 Å². The molecule has 3 unspecified atom stereocenters. The minimum Gasteiger partial charge on any atom is -0.416 e. The van der Waals surface area contributed by atoms with Gasteiger partial charge in [-0.05, 0) is 93.7 Å². The highest BCUT2D eigenvalue weighted by atomic mass is 16.6. The fraction of sp³-hybridized carbons (Fsp3) is 0.536. The lowest BCUT2D eigenvalue weighted by Gasteiger charge is -2.60. The number of allylic oxidation sites excluding steroid dienone is 2. The second-order valence-corrected chi connectivity index (χ2v) is 11.0. The number of hydrogen-bond acceptors (Lipinski definition) is 8. The van der Waals surface area contributed by atoms with E-state index in [0.29, 0.717) is 47.4 Å². The first kappa shape index (κ1) is 25.0. The Kier molecular flexibility index (Phi) is 7.00. The van der Waals surface area contributed by atoms with E-state index in [1.165, 1.54) is 6.42 Å². The summed E-state index contributed by atoms with van der Waals surface area (Å²) in [4.78, 5) is 25.7. The number of nitrogens with zero attached hydrogens (tertiary/aromatic N) is 4. The van der Waals surface area contributed by atoms with E-state index in [1.54, 1.807) is 25.4 Å². The normalized spacial score (nSPS) is 27.9. The van der Waals surface area contributed by atoms with Crippen molar-refractivity contribution in [2.75, 3.05) is 17.2 Å². The molecule has 4 bridgehead atoms. The van der Waals surface area contributed by atoms with Gasteiger partial charge in [-0.2, -0.15) is 10.2 Å². The number of amides is 1. The van der Waals surface area contributed by atoms with Crippen molar-refractivity contribution in [1.82, 2.24) is 20.3 Å². The standard InChI is InChI=1S/C28H35N7O2/c1-4-17(2)37-27(36)34-24-21-8-19-9-22(24)12-28(10-19,11-21)16-33-25-23(13-29)15-32-26(35-25)31-14-20-6-5-7-30-18(20)3/h4-7,15,19,21-22,24H,8-12,14,16H2,1-3H3,(H,34,36)(H2,31,32,33,35)/b17-4-/t19?,21-,22+,24?,28?. The number of nitrogens with one attached hydrogen (secondary N) is 3. The summed E-state index contributed by atoms with van der Waals surface area (Å²) in [7, 11) is 0. The second kappa shape index (κ2) is 10.4. The Labute approximate surface area is 218 Å². The van der Waals surface area contributed by atoms with Gasteiger partial charge in [0.05, 0.1) is 6.20 Å². The van der Waals surface area contributed by atoms with Crippen molar-refractivity contribution in [3.05, 3.63) is 53.2 Å². The highest BCUT2D eigenvalue weighted by Crippen LogP contribution is 2.60. The molecular weight excluding hydrogens is 466 g/mol. The summed E-state index contributed by atoms with van der Waals surface area (Å²) in [5, 5.41) is 19.6. The number of ether oxygens (including phenoxy) is 1. The molecule has 4 fully saturated rings. The summed E-state index contributed by atoms with van der Waals surface area (Å²) in [6.07, 6.45) is 10.4. The highest BCUT2D eigenvalue weighted by Gasteiger charge is 2.55. The van der Waals surface area contributed by atoms with Crippen LogP contribution in [0, 0.1) is 41.4 Å². The first-order valence-electron chi connectivity index (χ1n) is 13.1. The van der Waals surface area contributed by atoms with Gasteiger partial charge in [0.15, 0.2) is 0 Å². The third-order valence-electron chi connectivity index (χ3n) is 8.44. The number of hydrogen-bond donors (Lipinski definition) is 3. The number of pyridine rings is 1. The fourth-order valence-electron chi connectivity index (χ4n) is 6.85. The summed E-state index contributed by atoms with van der Waals surface area (Å²) >= 11 is 0. The fourth-order valence-corrected chi connectivity index (χ4v) is 6.85. The van der Waals surface area contributed by atoms with Crippen molar-refractivity contribution < 1.29 is 9.53 Å². The van der Waals surface area contributed by atoms with Crippen molar-refractivity contribution in [3.63, 3.8) is 0 Å². The van der Waals surface area contributed by atoms with Gasteiger partial charge in [-0.3, -0.25) is 4.98 Å². The first-order valence-corrected chi connectivity index (χ1v) is 13.1. The van der Waals surface area contributed by atoms with Crippen LogP contribution in [0.4, 0.5) is 16.6 Å². The van der Waals surface area contributed by atoms with E-state index in [9.17, 15) is 10.1 Å². The number of carbonyl (C=O) groups is 1. The Hall–Kier alpha value is -3.67. The lowest BCUT2D eigenvalue weighted by atomic mass is 9.48. The molecule has 0 radical (unpaired) electrons. The van der Waals surface area contributed by atoms with Gasteiger partial charge in [-0.1, -0.05) is 6.07 Å². The molecule has 0 saturated heterocycles. The summed E-state index contributed by atoms with van der Waals surface area (Å²) < 4.78 is 5.37. The van der Waals surface area contributed by atoms with E-state index >= 15 is 0 Å². The van der Waals surface area contributed by atoms with Crippen LogP contribution in [0.5, 0.6) is 0 Å². The summed E-state index contributed by atoms with van der Waals surface area (Å²) in [6.45, 7) is 6.95. The number of alkyl carbamates (subject to hydrolysis) is 1. The number of nitriles is 1. The molecule has 2 aromatic rings. The summed E-state index contributed by atoms with van der Waals surface area (Å²) in [6, 6.07) is 6.32. The van der Waals surface area contributed by atoms with E-state index < -0.39 is 0 Å². The van der Waals surface area contributed by atoms with Crippen LogP contribution in [0.2, 0.25) is 0 Å². The Morgan fingerprint density at radius 1 is 1.24 bits per heavy atom. The smallest absolute Gasteiger partial charge is 0.412 e. The van der Waals surface area contributed by atoms with Crippen molar-refractivity contribution in [2.45, 2.75) is 65.5 Å². The van der Waals surface area contributed by atoms with Gasteiger partial charge in [-0.15, -0.1) is 0 Å². The molecule has 0 aliphatic heterocycles. The molecule has 4 saturated carbocycles. The number of anilines is 2. The van der Waals surface area contributed by atoms with Gasteiger partial charge in [0, 0.05) is 31.0 Å². The average Bonchev–Trinajstić information content (AvgIpc) is 2.88. The zero-order chi connectivity index (χ0) is 26.0. The van der Waals surface area contributed by atoms with Gasteiger partial charge in [-0.25, -0.2) is 9.78 Å². The topological polar surface area (TPSA) is 125 Å². The molecule has 0 spiro atoms. The predicted octanol–water partition coefficient (Wildman–Crippen LogP) is 4.92. The van der Waals surface area contributed by atoms with Crippen LogP contribution in [0.15, 0.2) is 36.4 Å². The van der Waals surface area contributed by atoms with E-state index in [0.717, 1.165) is 43.5 Å². The van der Waals surface area contributed by atoms with E-state index in [2.05, 4.69) is 37.0 Å². The number of aromatic nitrogens is 3. The van der Waals surface area contributed by atoms with Crippen LogP contribution >= 0.6 is 0 Å². The van der Waals surface area contributed by atoms with Gasteiger partial charge in [0.1, 0.15) is 23.2 Å². The quantitative estimate of drug-likeness (QED) is 0.435. The zero-order valence-electron chi connectivity index (χ0n) is 21.8. The van der Waals surface area contributed by atoms with Crippen LogP contribution < -0.4 is 16.0 Å². The SMILES string of the molecule is C/C=C(/C)OC(=O)NC1[C@@H]2CC3C[C@H]1CC(CNc1nc(NCc4cccnc4C)ncc1C#N)(C3)C2. The molecule has 37 heavy (non-hydrogen) atoms. The second-order valence-electron chi connectivity index (χ2n) is 11.0. The largest absolute Gasteiger partial charge is 0.416 e. The maximum Gasteiger partial charge on any atom is 0.412 e. The third kappa shape index (κ3) is 5.38. The van der Waals surface area contributed by atoms with Crippen LogP contribution in [0.1, 0.15) is 62.8 Å². The lowest BCUT2D eigenvalue weighted by molar-refractivity contribution is -0.0676. The predicted molar refractivity (Wildman–Crippen MR) is 140 cm³/mol. The van der Waals surface area contributed by atoms with Crippen LogP contribution in [0.25, 0.3) is 0 Å². The van der Waals surface area contributed by atoms with Crippen molar-refractivity contribution in [2.24, 2.45) is 23.2 Å². The zero-order valence-corrected chi connectivity index (χ0v) is 21.8. The van der Waals surface area contributed by atoms with Crippen LogP contribution in [-0.2, 0) is 11.3 Å². The number of rotatable bonds is 8. The third-order valence-corrected chi connectivity index (χ3v) is 8.44. The maximum absolute atomic E-state index is 12.4. The molecule has 5 atom stereocenters. The summed E-state index contributed by atoms with van der Waals surface area (Å²) in [5.74, 6) is 3.25. The monoisotopic (exact) mass is 501 g/mol. The maximum atomic E-state index is 12.4. The number of carbonyl (C=O) groups excluding carboxylic acids is 1. The average molecular weight is 502 g/mol. The molecular formula is C28H35N7O2. The van der Waals surface area contributed by atoms with Crippen LogP contribution in [0.3, 0.4) is 0 Å². The summed E-state index contributed by atoms with van der Waals surface area (Å²) in [5.41, 5.74) is 2.62. The molecule has 9 heteroatoms. The Morgan fingerprint density at radius 2 is 2.03 bits per heavy atom. The molecule has 3 N–H and O–H groups in total. The van der Waals surface area contributed by atoms with Crippen LogP contribution in [-0.4, -0.2) is 33.6 Å². The van der Waals surface area contributed by atoms with Gasteiger partial charge in [0.25, 0.3) is 0 Å². The molecule has 6 rings (SSSR count). The van der Waals surface area contributed by atoms with Crippen molar-refractivity contribution in [3.8, 4) is 6.07 Å². The highest BCUT2D eigenvalue weighted by molar-refractivity contribution is 5.69. The van der Waals surface area contributed by atoms with Gasteiger partial charge < -0.3 is 20.7 Å². The Balaban J connectivity index is 1.24. The van der Waals surface area contributed by atoms with E-state index in [1.807, 2.05) is 26.0 Å². The lowest BCUT2D eigenvalue weighted by Crippen LogP contribution is -2.60. The number of aryl methyl sites for hydroxylation is 1. The van der Waals surface area contributed by atoms with E-state index in [-0.39, 0.29) is 17.6 Å². The van der Waals surface area contributed by atoms with E-state index in [4.69, 9.17) is 4.74 Å². The molecule has 1 amide bonds. The Bertz CT molecular complexity index is 1220. The van der Waals surface area contributed by atoms with Crippen molar-refractivity contribution >= 4 is 17.9 Å². The van der Waals surface area contributed by atoms with Gasteiger partial charge >= 0.3 is 6.09 Å². The first-order chi connectivity index (χ1) is 17.9. The van der Waals surface area contributed by atoms with Crippen molar-refractivity contribution in [1.29, 1.82) is 5.26 Å². The molecule has 4 aliphatic carbocycles. The molecule has 4 aliphatic rings. The minimum atomic E-state index is -0.346. The molecule has 9 nitrogen and oxygen atoms in total. The molecule has 2 heterocycles. The Morgan fingerprint density at radius 3 is 2.73 bits per heavy atom. The molecule has 194 valence electrons. The molecule has 0 aromatic carbocycles.